The lowest BCUT2D eigenvalue weighted by molar-refractivity contribution is 0.420. The van der Waals surface area contributed by atoms with Gasteiger partial charge in [0.25, 0.3) is 0 Å². The molecule has 11 rings (SSSR count). The highest BCUT2D eigenvalue weighted by Gasteiger charge is 2.44. The molecule has 0 amide bonds. The van der Waals surface area contributed by atoms with E-state index in [-0.39, 0.29) is 16.2 Å². The van der Waals surface area contributed by atoms with Crippen molar-refractivity contribution in [3.63, 3.8) is 0 Å². The van der Waals surface area contributed by atoms with Gasteiger partial charge < -0.3 is 0 Å². The minimum atomic E-state index is -0.0759. The fourth-order valence-electron chi connectivity index (χ4n) is 12.4. The van der Waals surface area contributed by atoms with E-state index in [0.717, 1.165) is 38.5 Å². The summed E-state index contributed by atoms with van der Waals surface area (Å²) >= 11 is 0. The third-order valence-corrected chi connectivity index (χ3v) is 15.9. The Labute approximate surface area is 364 Å². The fraction of sp³-hybridized carbons (Fsp3) is 0.344. The van der Waals surface area contributed by atoms with Crippen molar-refractivity contribution < 1.29 is 0 Å². The Hall–Kier alpha value is -5.20. The molecule has 0 aromatic heterocycles. The van der Waals surface area contributed by atoms with E-state index in [4.69, 9.17) is 0 Å². The first-order valence-corrected chi connectivity index (χ1v) is 23.4. The number of fused-ring (bicyclic) bond motifs is 8. The third-order valence-electron chi connectivity index (χ3n) is 15.9. The molecule has 0 saturated heterocycles. The predicted molar refractivity (Wildman–Crippen MR) is 260 cm³/mol. The quantitative estimate of drug-likeness (QED) is 0.171. The summed E-state index contributed by atoms with van der Waals surface area (Å²) in [6.45, 7) is 19.2. The zero-order valence-corrected chi connectivity index (χ0v) is 37.8. The molecule has 61 heavy (non-hydrogen) atoms. The Morgan fingerprint density at radius 1 is 0.590 bits per heavy atom. The molecule has 306 valence electrons. The van der Waals surface area contributed by atoms with Gasteiger partial charge in [-0.05, 0) is 172 Å². The SMILES string of the molecule is CC(C)(C)c1ccc2c(c1)C(C)(C)c1cc(C(C)(C)C)cc(C3=CC4=C(CC3)C3=C(CC4C4C=c5ccccc5=CC4)C4=CC=CCC4C(c4ccc5ccccc5c4)C3)c1-2. The molecular weight excluding hydrogens is 733 g/mol. The second kappa shape index (κ2) is 13.9. The largest absolute Gasteiger partial charge is 0.0839 e. The van der Waals surface area contributed by atoms with Crippen molar-refractivity contribution >= 4 is 28.5 Å². The molecule has 0 heteroatoms. The summed E-state index contributed by atoms with van der Waals surface area (Å²) in [7, 11) is 0. The van der Waals surface area contributed by atoms with Crippen LogP contribution in [-0.4, -0.2) is 0 Å². The van der Waals surface area contributed by atoms with Gasteiger partial charge in [-0.3, -0.25) is 0 Å². The molecule has 4 unspecified atom stereocenters. The van der Waals surface area contributed by atoms with Crippen LogP contribution in [0.4, 0.5) is 0 Å². The molecule has 0 nitrogen and oxygen atoms in total. The van der Waals surface area contributed by atoms with E-state index in [0.29, 0.717) is 23.7 Å². The Morgan fingerprint density at radius 3 is 2.13 bits per heavy atom. The van der Waals surface area contributed by atoms with Gasteiger partial charge in [-0.2, -0.15) is 0 Å². The number of hydrogen-bond donors (Lipinski definition) is 0. The topological polar surface area (TPSA) is 0 Å². The van der Waals surface area contributed by atoms with Crippen molar-refractivity contribution in [2.45, 2.75) is 116 Å². The average Bonchev–Trinajstić information content (AvgIpc) is 3.49. The van der Waals surface area contributed by atoms with Gasteiger partial charge in [0.1, 0.15) is 0 Å². The molecule has 0 aliphatic heterocycles. The van der Waals surface area contributed by atoms with E-state index < -0.39 is 0 Å². The summed E-state index contributed by atoms with van der Waals surface area (Å²) in [6.07, 6.45) is 21.9. The maximum atomic E-state index is 2.75. The van der Waals surface area contributed by atoms with Crippen LogP contribution in [0.15, 0.2) is 149 Å². The number of hydrogen-bond acceptors (Lipinski definition) is 0. The molecule has 0 fully saturated rings. The Balaban J connectivity index is 1.11. The highest BCUT2D eigenvalue weighted by molar-refractivity contribution is 5.92. The molecule has 0 spiro atoms. The van der Waals surface area contributed by atoms with Gasteiger partial charge >= 0.3 is 0 Å². The van der Waals surface area contributed by atoms with Crippen LogP contribution >= 0.6 is 0 Å². The first-order chi connectivity index (χ1) is 29.2. The fourth-order valence-corrected chi connectivity index (χ4v) is 12.4. The molecule has 5 aromatic carbocycles. The smallest absolute Gasteiger partial charge is 0.0159 e. The maximum absolute atomic E-state index is 2.75. The lowest BCUT2D eigenvalue weighted by atomic mass is 9.59. The lowest BCUT2D eigenvalue weighted by Crippen LogP contribution is -2.34. The average molecular weight is 795 g/mol. The van der Waals surface area contributed by atoms with Crippen molar-refractivity contribution in [2.24, 2.45) is 17.8 Å². The Bertz CT molecular complexity index is 2970. The van der Waals surface area contributed by atoms with Crippen molar-refractivity contribution in [3.8, 4) is 11.1 Å². The minimum absolute atomic E-state index is 0.0385. The molecule has 0 heterocycles. The van der Waals surface area contributed by atoms with Crippen molar-refractivity contribution in [2.75, 3.05) is 0 Å². The van der Waals surface area contributed by atoms with Gasteiger partial charge in [0.15, 0.2) is 0 Å². The molecule has 6 aliphatic carbocycles. The number of allylic oxidation sites excluding steroid dienone is 10. The van der Waals surface area contributed by atoms with E-state index >= 15 is 0 Å². The van der Waals surface area contributed by atoms with E-state index in [1.165, 1.54) is 65.7 Å². The van der Waals surface area contributed by atoms with Crippen LogP contribution in [0.5, 0.6) is 0 Å². The molecule has 0 saturated carbocycles. The van der Waals surface area contributed by atoms with Crippen LogP contribution < -0.4 is 10.4 Å². The maximum Gasteiger partial charge on any atom is 0.0159 e. The summed E-state index contributed by atoms with van der Waals surface area (Å²) in [4.78, 5) is 0. The molecule has 0 radical (unpaired) electrons. The highest BCUT2D eigenvalue weighted by atomic mass is 14.5. The van der Waals surface area contributed by atoms with Crippen LogP contribution in [-0.2, 0) is 16.2 Å². The highest BCUT2D eigenvalue weighted by Crippen LogP contribution is 2.59. The van der Waals surface area contributed by atoms with Crippen molar-refractivity contribution in [3.05, 3.63) is 193 Å². The zero-order chi connectivity index (χ0) is 42.0. The number of rotatable bonds is 3. The van der Waals surface area contributed by atoms with E-state index in [1.807, 2.05) is 0 Å². The molecule has 0 bridgehead atoms. The summed E-state index contributed by atoms with van der Waals surface area (Å²) < 4.78 is 0. The molecular formula is C61H62. The van der Waals surface area contributed by atoms with Gasteiger partial charge in [0.2, 0.25) is 0 Å². The molecule has 6 aliphatic rings. The third kappa shape index (κ3) is 6.29. The van der Waals surface area contributed by atoms with Gasteiger partial charge in [0, 0.05) is 5.41 Å². The van der Waals surface area contributed by atoms with Crippen LogP contribution in [0.2, 0.25) is 0 Å². The summed E-state index contributed by atoms with van der Waals surface area (Å²) in [6, 6.07) is 37.9. The van der Waals surface area contributed by atoms with Gasteiger partial charge in [0.05, 0.1) is 0 Å². The summed E-state index contributed by atoms with van der Waals surface area (Å²) in [5, 5.41) is 5.49. The molecule has 4 atom stereocenters. The van der Waals surface area contributed by atoms with Crippen molar-refractivity contribution in [1.29, 1.82) is 0 Å². The second-order valence-electron chi connectivity index (χ2n) is 21.9. The first kappa shape index (κ1) is 38.7. The first-order valence-electron chi connectivity index (χ1n) is 23.4. The van der Waals surface area contributed by atoms with E-state index in [2.05, 4.69) is 189 Å². The predicted octanol–water partition coefficient (Wildman–Crippen LogP) is 14.5. The van der Waals surface area contributed by atoms with Crippen LogP contribution in [0.1, 0.15) is 133 Å². The Kier molecular flexibility index (Phi) is 8.82. The normalized spacial score (nSPS) is 23.7. The number of benzene rings is 5. The second-order valence-corrected chi connectivity index (χ2v) is 21.9. The zero-order valence-electron chi connectivity index (χ0n) is 37.8. The summed E-state index contributed by atoms with van der Waals surface area (Å²) in [5.41, 5.74) is 21.6. The van der Waals surface area contributed by atoms with Gasteiger partial charge in [-0.15, -0.1) is 0 Å². The Morgan fingerprint density at radius 2 is 1.33 bits per heavy atom. The summed E-state index contributed by atoms with van der Waals surface area (Å²) in [5.74, 6) is 1.90. The van der Waals surface area contributed by atoms with Crippen molar-refractivity contribution in [1.82, 2.24) is 0 Å². The van der Waals surface area contributed by atoms with E-state index in [1.54, 1.807) is 33.4 Å². The van der Waals surface area contributed by atoms with Crippen LogP contribution in [0.3, 0.4) is 0 Å². The molecule has 5 aromatic rings. The van der Waals surface area contributed by atoms with Gasteiger partial charge in [-0.25, -0.2) is 0 Å². The van der Waals surface area contributed by atoms with Crippen LogP contribution in [0.25, 0.3) is 39.6 Å². The standard InChI is InChI=1S/C61H62/c1-59(2,3)44-26-28-49-56(33-44)61(7,8)57-34-45(60(4,5)6)32-52(58(49)57)43-25-27-48-53(31-43)51(42-24-22-38-16-10-12-18-40(38)30-42)36-54-47-20-14-13-19-46(47)50(35-55(48)54)41-23-21-37-15-9-11-17-39(37)29-41/h9-18,20-23,26,28-34,42,46,50-51H,19,24-25,27,35-36H2,1-8H3. The monoisotopic (exact) mass is 794 g/mol. The van der Waals surface area contributed by atoms with E-state index in [9.17, 15) is 0 Å². The molecule has 0 N–H and O–H groups in total. The minimum Gasteiger partial charge on any atom is -0.0839 e. The lowest BCUT2D eigenvalue weighted by Gasteiger charge is -2.45. The van der Waals surface area contributed by atoms with Gasteiger partial charge in [-0.1, -0.05) is 189 Å². The van der Waals surface area contributed by atoms with Crippen LogP contribution in [0, 0.1) is 17.8 Å².